The largest absolute Gasteiger partial charge is 0.493 e. The second-order valence-electron chi connectivity index (χ2n) is 4.54. The molecular formula is C14H22N2O3. The maximum Gasteiger partial charge on any atom is 0.251 e. The van der Waals surface area contributed by atoms with Crippen LogP contribution in [0, 0.1) is 5.92 Å². The first-order valence-corrected chi connectivity index (χ1v) is 6.26. The molecule has 3 N–H and O–H groups in total. The lowest BCUT2D eigenvalue weighted by molar-refractivity contribution is 0.0929. The molecule has 0 aliphatic heterocycles. The van der Waals surface area contributed by atoms with Gasteiger partial charge in [-0.25, -0.2) is 0 Å². The quantitative estimate of drug-likeness (QED) is 0.816. The van der Waals surface area contributed by atoms with Crippen LogP contribution in [0.25, 0.3) is 0 Å². The summed E-state index contributed by atoms with van der Waals surface area (Å²) in [4.78, 5) is 12.1. The zero-order valence-electron chi connectivity index (χ0n) is 11.9. The lowest BCUT2D eigenvalue weighted by Gasteiger charge is -2.20. The van der Waals surface area contributed by atoms with Gasteiger partial charge in [0.05, 0.1) is 14.2 Å². The number of ether oxygens (including phenoxy) is 2. The number of benzene rings is 1. The fraction of sp³-hybridized carbons (Fsp3) is 0.500. The Kier molecular flexibility index (Phi) is 5.63. The van der Waals surface area contributed by atoms with E-state index in [9.17, 15) is 4.79 Å². The van der Waals surface area contributed by atoms with Crippen molar-refractivity contribution in [2.24, 2.45) is 11.7 Å². The van der Waals surface area contributed by atoms with E-state index < -0.39 is 0 Å². The van der Waals surface area contributed by atoms with Gasteiger partial charge in [0.25, 0.3) is 5.91 Å². The van der Waals surface area contributed by atoms with Crippen LogP contribution in [0.2, 0.25) is 0 Å². The van der Waals surface area contributed by atoms with Crippen molar-refractivity contribution in [3.8, 4) is 11.5 Å². The minimum absolute atomic E-state index is 0.0191. The fourth-order valence-electron chi connectivity index (χ4n) is 1.61. The molecule has 0 aromatic heterocycles. The molecule has 5 heteroatoms. The Labute approximate surface area is 114 Å². The van der Waals surface area contributed by atoms with Gasteiger partial charge in [-0.3, -0.25) is 4.79 Å². The van der Waals surface area contributed by atoms with Crippen molar-refractivity contribution in [3.05, 3.63) is 23.8 Å². The van der Waals surface area contributed by atoms with Gasteiger partial charge < -0.3 is 20.5 Å². The Morgan fingerprint density at radius 3 is 2.42 bits per heavy atom. The maximum atomic E-state index is 12.1. The van der Waals surface area contributed by atoms with Gasteiger partial charge in [-0.15, -0.1) is 0 Å². The monoisotopic (exact) mass is 266 g/mol. The average molecular weight is 266 g/mol. The third-order valence-corrected chi connectivity index (χ3v) is 3.23. The highest BCUT2D eigenvalue weighted by atomic mass is 16.5. The van der Waals surface area contributed by atoms with Gasteiger partial charge in [-0.1, -0.05) is 6.92 Å². The predicted molar refractivity (Wildman–Crippen MR) is 74.7 cm³/mol. The molecule has 1 aromatic rings. The van der Waals surface area contributed by atoms with Gasteiger partial charge >= 0.3 is 0 Å². The Morgan fingerprint density at radius 1 is 1.26 bits per heavy atom. The van der Waals surface area contributed by atoms with E-state index in [1.54, 1.807) is 32.4 Å². The van der Waals surface area contributed by atoms with E-state index in [1.807, 2.05) is 13.8 Å². The van der Waals surface area contributed by atoms with Crippen LogP contribution in [0.4, 0.5) is 0 Å². The number of methoxy groups -OCH3 is 2. The van der Waals surface area contributed by atoms with E-state index in [2.05, 4.69) is 5.32 Å². The molecule has 1 rings (SSSR count). The number of nitrogens with one attached hydrogen (secondary N) is 1. The molecule has 0 radical (unpaired) electrons. The molecule has 2 atom stereocenters. The summed E-state index contributed by atoms with van der Waals surface area (Å²) in [6.07, 6.45) is 0. The van der Waals surface area contributed by atoms with Crippen LogP contribution in [0.5, 0.6) is 11.5 Å². The van der Waals surface area contributed by atoms with Gasteiger partial charge in [0, 0.05) is 11.6 Å². The van der Waals surface area contributed by atoms with E-state index in [1.165, 1.54) is 0 Å². The molecular weight excluding hydrogens is 244 g/mol. The molecule has 0 bridgehead atoms. The highest BCUT2D eigenvalue weighted by molar-refractivity contribution is 5.95. The van der Waals surface area contributed by atoms with Gasteiger partial charge in [-0.05, 0) is 37.6 Å². The van der Waals surface area contributed by atoms with Crippen molar-refractivity contribution >= 4 is 5.91 Å². The van der Waals surface area contributed by atoms with E-state index >= 15 is 0 Å². The lowest BCUT2D eigenvalue weighted by atomic mass is 10.0. The molecule has 0 aliphatic carbocycles. The summed E-state index contributed by atoms with van der Waals surface area (Å²) in [7, 11) is 3.10. The van der Waals surface area contributed by atoms with Crippen molar-refractivity contribution in [1.82, 2.24) is 5.32 Å². The highest BCUT2D eigenvalue weighted by Crippen LogP contribution is 2.27. The molecule has 0 heterocycles. The summed E-state index contributed by atoms with van der Waals surface area (Å²) in [5, 5.41) is 2.92. The van der Waals surface area contributed by atoms with Gasteiger partial charge in [0.2, 0.25) is 0 Å². The summed E-state index contributed by atoms with van der Waals surface area (Å²) < 4.78 is 10.3. The van der Waals surface area contributed by atoms with Crippen LogP contribution < -0.4 is 20.5 Å². The Hall–Kier alpha value is -1.75. The second-order valence-corrected chi connectivity index (χ2v) is 4.54. The van der Waals surface area contributed by atoms with Crippen LogP contribution in [0.3, 0.4) is 0 Å². The maximum absolute atomic E-state index is 12.1. The van der Waals surface area contributed by atoms with Gasteiger partial charge in [0.15, 0.2) is 11.5 Å². The summed E-state index contributed by atoms with van der Waals surface area (Å²) in [5.41, 5.74) is 6.12. The van der Waals surface area contributed by atoms with Crippen molar-refractivity contribution in [2.45, 2.75) is 19.9 Å². The zero-order valence-corrected chi connectivity index (χ0v) is 11.9. The van der Waals surface area contributed by atoms with Crippen molar-refractivity contribution < 1.29 is 14.3 Å². The van der Waals surface area contributed by atoms with E-state index in [4.69, 9.17) is 15.2 Å². The molecule has 106 valence electrons. The smallest absolute Gasteiger partial charge is 0.251 e. The SMILES string of the molecule is COc1ccc(C(=O)NC(C)C(C)CN)cc1OC. The number of carbonyl (C=O) groups excluding carboxylic acids is 1. The summed E-state index contributed by atoms with van der Waals surface area (Å²) in [6, 6.07) is 5.10. The van der Waals surface area contributed by atoms with Crippen LogP contribution >= 0.6 is 0 Å². The fourth-order valence-corrected chi connectivity index (χ4v) is 1.61. The topological polar surface area (TPSA) is 73.6 Å². The molecule has 0 fully saturated rings. The van der Waals surface area contributed by atoms with Crippen molar-refractivity contribution in [3.63, 3.8) is 0 Å². The van der Waals surface area contributed by atoms with Crippen molar-refractivity contribution in [1.29, 1.82) is 0 Å². The summed E-state index contributed by atoms with van der Waals surface area (Å²) in [5.74, 6) is 1.22. The van der Waals surface area contributed by atoms with Crippen LogP contribution in [-0.4, -0.2) is 32.7 Å². The molecule has 1 amide bonds. The standard InChI is InChI=1S/C14H22N2O3/c1-9(8-15)10(2)16-14(17)11-5-6-12(18-3)13(7-11)19-4/h5-7,9-10H,8,15H2,1-4H3,(H,16,17). The van der Waals surface area contributed by atoms with Crippen LogP contribution in [0.1, 0.15) is 24.2 Å². The van der Waals surface area contributed by atoms with E-state index in [0.29, 0.717) is 23.6 Å². The zero-order chi connectivity index (χ0) is 14.4. The molecule has 5 nitrogen and oxygen atoms in total. The number of amides is 1. The van der Waals surface area contributed by atoms with E-state index in [-0.39, 0.29) is 17.9 Å². The minimum atomic E-state index is -0.145. The Morgan fingerprint density at radius 2 is 1.89 bits per heavy atom. The third-order valence-electron chi connectivity index (χ3n) is 3.23. The lowest BCUT2D eigenvalue weighted by Crippen LogP contribution is -2.39. The van der Waals surface area contributed by atoms with Crippen molar-refractivity contribution in [2.75, 3.05) is 20.8 Å². The molecule has 0 saturated heterocycles. The molecule has 2 unspecified atom stereocenters. The third kappa shape index (κ3) is 3.86. The average Bonchev–Trinajstić information content (AvgIpc) is 2.45. The van der Waals surface area contributed by atoms with Crippen LogP contribution in [-0.2, 0) is 0 Å². The van der Waals surface area contributed by atoms with E-state index in [0.717, 1.165) is 0 Å². The highest BCUT2D eigenvalue weighted by Gasteiger charge is 2.16. The number of nitrogens with two attached hydrogens (primary N) is 1. The number of hydrogen-bond donors (Lipinski definition) is 2. The first kappa shape index (κ1) is 15.3. The van der Waals surface area contributed by atoms with Gasteiger partial charge in [-0.2, -0.15) is 0 Å². The number of rotatable bonds is 6. The minimum Gasteiger partial charge on any atom is -0.493 e. The normalized spacial score (nSPS) is 13.5. The summed E-state index contributed by atoms with van der Waals surface area (Å²) in [6.45, 7) is 4.48. The Balaban J connectivity index is 2.83. The molecule has 0 spiro atoms. The molecule has 0 aliphatic rings. The number of carbonyl (C=O) groups is 1. The predicted octanol–water partition coefficient (Wildman–Crippen LogP) is 1.42. The first-order chi connectivity index (χ1) is 9.03. The first-order valence-electron chi connectivity index (χ1n) is 6.26. The Bertz CT molecular complexity index is 435. The molecule has 1 aromatic carbocycles. The molecule has 19 heavy (non-hydrogen) atoms. The number of hydrogen-bond acceptors (Lipinski definition) is 4. The molecule has 0 saturated carbocycles. The van der Waals surface area contributed by atoms with Gasteiger partial charge in [0.1, 0.15) is 0 Å². The van der Waals surface area contributed by atoms with Crippen LogP contribution in [0.15, 0.2) is 18.2 Å². The second kappa shape index (κ2) is 6.99. The summed E-state index contributed by atoms with van der Waals surface area (Å²) >= 11 is 0.